The van der Waals surface area contributed by atoms with Crippen LogP contribution in [0.5, 0.6) is 0 Å². The second-order valence-corrected chi connectivity index (χ2v) is 6.39. The average molecular weight is 321 g/mol. The lowest BCUT2D eigenvalue weighted by Gasteiger charge is -2.00. The van der Waals surface area contributed by atoms with Crippen LogP contribution in [0.3, 0.4) is 0 Å². The van der Waals surface area contributed by atoms with E-state index in [4.69, 9.17) is 5.11 Å². The zero-order chi connectivity index (χ0) is 11.4. The molecule has 0 unspecified atom stereocenters. The van der Waals surface area contributed by atoms with Crippen LogP contribution in [0.25, 0.3) is 0 Å². The first-order valence-corrected chi connectivity index (χ1v) is 7.13. The van der Waals surface area contributed by atoms with Crippen molar-refractivity contribution in [2.24, 2.45) is 0 Å². The van der Waals surface area contributed by atoms with Crippen molar-refractivity contribution in [2.45, 2.75) is 17.5 Å². The number of nitrogens with zero attached hydrogens (tertiary/aromatic N) is 4. The Morgan fingerprint density at radius 1 is 1.50 bits per heavy atom. The molecule has 86 valence electrons. The van der Waals surface area contributed by atoms with E-state index in [2.05, 4.69) is 37.5 Å². The second kappa shape index (κ2) is 5.76. The topological polar surface area (TPSA) is 63.8 Å². The fourth-order valence-corrected chi connectivity index (χ4v) is 3.53. The molecule has 0 fully saturated rings. The fraction of sp³-hybridized carbons (Fsp3) is 0.375. The summed E-state index contributed by atoms with van der Waals surface area (Å²) >= 11 is 6.68. The Kier molecular flexibility index (Phi) is 4.33. The number of aromatic nitrogens is 4. The second-order valence-electron chi connectivity index (χ2n) is 2.90. The van der Waals surface area contributed by atoms with Crippen molar-refractivity contribution in [1.82, 2.24) is 20.2 Å². The average Bonchev–Trinajstić information content (AvgIpc) is 2.85. The highest BCUT2D eigenvalue weighted by Gasteiger charge is 2.07. The quantitative estimate of drug-likeness (QED) is 0.851. The summed E-state index contributed by atoms with van der Waals surface area (Å²) in [5.74, 6) is 0.835. The molecule has 0 spiro atoms. The smallest absolute Gasteiger partial charge is 0.209 e. The first-order valence-electron chi connectivity index (χ1n) is 4.53. The van der Waals surface area contributed by atoms with Crippen molar-refractivity contribution >= 4 is 39.0 Å². The van der Waals surface area contributed by atoms with Crippen molar-refractivity contribution in [1.29, 1.82) is 0 Å². The summed E-state index contributed by atoms with van der Waals surface area (Å²) in [7, 11) is 0. The number of halogens is 1. The summed E-state index contributed by atoms with van der Waals surface area (Å²) in [4.78, 5) is 1.26. The van der Waals surface area contributed by atoms with E-state index in [0.29, 0.717) is 6.54 Å². The van der Waals surface area contributed by atoms with E-state index < -0.39 is 0 Å². The van der Waals surface area contributed by atoms with Crippen LogP contribution in [-0.2, 0) is 12.3 Å². The first kappa shape index (κ1) is 12.0. The summed E-state index contributed by atoms with van der Waals surface area (Å²) in [5, 5.41) is 20.8. The molecule has 8 heteroatoms. The summed E-state index contributed by atoms with van der Waals surface area (Å²) in [6.07, 6.45) is 0. The molecule has 1 N–H and O–H groups in total. The molecular formula is C8H9BrN4OS2. The van der Waals surface area contributed by atoms with E-state index in [1.165, 1.54) is 4.88 Å². The molecule has 0 amide bonds. The Morgan fingerprint density at radius 2 is 2.38 bits per heavy atom. The SMILES string of the molecule is OCCn1nnnc1SCc1ccc(Br)s1. The minimum Gasteiger partial charge on any atom is -0.394 e. The van der Waals surface area contributed by atoms with E-state index in [0.717, 1.165) is 14.7 Å². The molecule has 0 aliphatic rings. The van der Waals surface area contributed by atoms with Gasteiger partial charge in [-0.2, -0.15) is 0 Å². The molecule has 2 aromatic heterocycles. The van der Waals surface area contributed by atoms with Gasteiger partial charge in [-0.1, -0.05) is 11.8 Å². The van der Waals surface area contributed by atoms with Crippen LogP contribution in [0.15, 0.2) is 21.1 Å². The number of rotatable bonds is 5. The van der Waals surface area contributed by atoms with Crippen molar-refractivity contribution in [3.05, 3.63) is 20.8 Å². The van der Waals surface area contributed by atoms with Crippen LogP contribution in [-0.4, -0.2) is 31.9 Å². The van der Waals surface area contributed by atoms with E-state index in [1.54, 1.807) is 27.8 Å². The van der Waals surface area contributed by atoms with E-state index in [9.17, 15) is 0 Å². The van der Waals surface area contributed by atoms with E-state index in [-0.39, 0.29) is 6.61 Å². The van der Waals surface area contributed by atoms with Gasteiger partial charge < -0.3 is 5.11 Å². The largest absolute Gasteiger partial charge is 0.394 e. The van der Waals surface area contributed by atoms with Crippen LogP contribution < -0.4 is 0 Å². The van der Waals surface area contributed by atoms with E-state index in [1.807, 2.05) is 6.07 Å². The molecular weight excluding hydrogens is 312 g/mol. The highest BCUT2D eigenvalue weighted by atomic mass is 79.9. The summed E-state index contributed by atoms with van der Waals surface area (Å²) in [5.41, 5.74) is 0. The number of tetrazole rings is 1. The van der Waals surface area contributed by atoms with Gasteiger partial charge in [-0.3, -0.25) is 0 Å². The first-order chi connectivity index (χ1) is 7.79. The summed E-state index contributed by atoms with van der Waals surface area (Å²) in [6, 6.07) is 4.10. The molecule has 5 nitrogen and oxygen atoms in total. The third-order valence-corrected chi connectivity index (χ3v) is 4.60. The molecule has 0 saturated carbocycles. The lowest BCUT2D eigenvalue weighted by Crippen LogP contribution is -2.05. The molecule has 2 rings (SSSR count). The number of hydrogen-bond acceptors (Lipinski definition) is 6. The number of hydrogen-bond donors (Lipinski definition) is 1. The van der Waals surface area contributed by atoms with Gasteiger partial charge in [0.1, 0.15) is 0 Å². The van der Waals surface area contributed by atoms with Crippen molar-refractivity contribution in [2.75, 3.05) is 6.61 Å². The molecule has 16 heavy (non-hydrogen) atoms. The Labute approximate surface area is 109 Å². The lowest BCUT2D eigenvalue weighted by molar-refractivity contribution is 0.262. The highest BCUT2D eigenvalue weighted by Crippen LogP contribution is 2.27. The van der Waals surface area contributed by atoms with Crippen molar-refractivity contribution in [3.8, 4) is 0 Å². The zero-order valence-electron chi connectivity index (χ0n) is 8.21. The summed E-state index contributed by atoms with van der Waals surface area (Å²) < 4.78 is 2.73. The zero-order valence-corrected chi connectivity index (χ0v) is 11.4. The van der Waals surface area contributed by atoms with E-state index >= 15 is 0 Å². The highest BCUT2D eigenvalue weighted by molar-refractivity contribution is 9.11. The monoisotopic (exact) mass is 320 g/mol. The van der Waals surface area contributed by atoms with Gasteiger partial charge in [-0.15, -0.1) is 16.4 Å². The molecule has 0 atom stereocenters. The lowest BCUT2D eigenvalue weighted by atomic mass is 10.5. The maximum Gasteiger partial charge on any atom is 0.209 e. The van der Waals surface area contributed by atoms with Crippen molar-refractivity contribution < 1.29 is 5.11 Å². The Balaban J connectivity index is 1.96. The molecule has 2 heterocycles. The summed E-state index contributed by atoms with van der Waals surface area (Å²) in [6.45, 7) is 0.479. The molecule has 0 saturated heterocycles. The molecule has 0 radical (unpaired) electrons. The molecule has 2 aromatic rings. The fourth-order valence-electron chi connectivity index (χ4n) is 1.10. The van der Waals surface area contributed by atoms with Gasteiger partial charge in [0.15, 0.2) is 0 Å². The van der Waals surface area contributed by atoms with Gasteiger partial charge in [-0.05, 0) is 38.5 Å². The van der Waals surface area contributed by atoms with Gasteiger partial charge in [-0.25, -0.2) is 4.68 Å². The van der Waals surface area contributed by atoms with Crippen LogP contribution >= 0.6 is 39.0 Å². The minimum absolute atomic E-state index is 0.0448. The third-order valence-electron chi connectivity index (χ3n) is 1.78. The predicted molar refractivity (Wildman–Crippen MR) is 66.5 cm³/mol. The molecule has 0 bridgehead atoms. The minimum atomic E-state index is 0.0448. The number of aliphatic hydroxyl groups is 1. The van der Waals surface area contributed by atoms with Crippen molar-refractivity contribution in [3.63, 3.8) is 0 Å². The third kappa shape index (κ3) is 3.03. The molecule has 0 aliphatic carbocycles. The van der Waals surface area contributed by atoms with Gasteiger partial charge in [0, 0.05) is 10.6 Å². The number of aliphatic hydroxyl groups excluding tert-OH is 1. The maximum absolute atomic E-state index is 8.82. The van der Waals surface area contributed by atoms with Crippen LogP contribution in [0.1, 0.15) is 4.88 Å². The Hall–Kier alpha value is -0.440. The van der Waals surface area contributed by atoms with Gasteiger partial charge in [0.25, 0.3) is 0 Å². The maximum atomic E-state index is 8.82. The van der Waals surface area contributed by atoms with Crippen LogP contribution in [0, 0.1) is 0 Å². The van der Waals surface area contributed by atoms with Crippen LogP contribution in [0.4, 0.5) is 0 Å². The number of thiophene rings is 1. The van der Waals surface area contributed by atoms with Gasteiger partial charge in [0.05, 0.1) is 16.9 Å². The molecule has 0 aromatic carbocycles. The Bertz CT molecular complexity index is 458. The normalized spacial score (nSPS) is 10.9. The standard InChI is InChI=1S/C8H9BrN4OS2/c9-7-2-1-6(16-7)5-15-8-10-11-12-13(8)3-4-14/h1-2,14H,3-5H2. The van der Waals surface area contributed by atoms with Gasteiger partial charge >= 0.3 is 0 Å². The van der Waals surface area contributed by atoms with Gasteiger partial charge in [0.2, 0.25) is 5.16 Å². The predicted octanol–water partition coefficient (Wildman–Crippen LogP) is 1.78. The van der Waals surface area contributed by atoms with Crippen LogP contribution in [0.2, 0.25) is 0 Å². The number of thioether (sulfide) groups is 1. The molecule has 0 aliphatic heterocycles. The Morgan fingerprint density at radius 3 is 3.06 bits per heavy atom.